The molecule has 2 aromatic rings. The zero-order valence-corrected chi connectivity index (χ0v) is 11.0. The molecule has 19 heavy (non-hydrogen) atoms. The Morgan fingerprint density at radius 1 is 1.11 bits per heavy atom. The number of aryl methyl sites for hydroxylation is 1. The number of halogens is 1. The van der Waals surface area contributed by atoms with E-state index in [1.54, 1.807) is 6.07 Å². The Bertz CT molecular complexity index is 673. The number of ketones is 1. The van der Waals surface area contributed by atoms with Crippen LogP contribution in [0.25, 0.3) is 11.1 Å². The van der Waals surface area contributed by atoms with Crippen LogP contribution in [0.4, 0.5) is 4.39 Å². The SMILES string of the molecule is Cc1ccc(-c2ccc3c(c2)C(=O)CC3C)c(F)c1. The largest absolute Gasteiger partial charge is 0.294 e. The van der Waals surface area contributed by atoms with Gasteiger partial charge in [0.15, 0.2) is 5.78 Å². The van der Waals surface area contributed by atoms with Crippen LogP contribution in [0.3, 0.4) is 0 Å². The van der Waals surface area contributed by atoms with Gasteiger partial charge in [0.05, 0.1) is 0 Å². The van der Waals surface area contributed by atoms with E-state index in [0.29, 0.717) is 12.0 Å². The Hall–Kier alpha value is -1.96. The molecule has 1 atom stereocenters. The van der Waals surface area contributed by atoms with Crippen molar-refractivity contribution in [1.82, 2.24) is 0 Å². The maximum Gasteiger partial charge on any atom is 0.163 e. The zero-order valence-electron chi connectivity index (χ0n) is 11.0. The molecule has 0 bridgehead atoms. The lowest BCUT2D eigenvalue weighted by Crippen LogP contribution is -1.93. The molecule has 0 fully saturated rings. The Morgan fingerprint density at radius 2 is 1.89 bits per heavy atom. The van der Waals surface area contributed by atoms with Gasteiger partial charge in [0.2, 0.25) is 0 Å². The van der Waals surface area contributed by atoms with Gasteiger partial charge in [-0.3, -0.25) is 4.79 Å². The molecule has 96 valence electrons. The summed E-state index contributed by atoms with van der Waals surface area (Å²) >= 11 is 0. The summed E-state index contributed by atoms with van der Waals surface area (Å²) < 4.78 is 14.0. The molecule has 0 radical (unpaired) electrons. The monoisotopic (exact) mass is 254 g/mol. The summed E-state index contributed by atoms with van der Waals surface area (Å²) in [6, 6.07) is 10.9. The highest BCUT2D eigenvalue weighted by molar-refractivity contribution is 6.02. The normalized spacial score (nSPS) is 17.6. The van der Waals surface area contributed by atoms with Crippen molar-refractivity contribution in [2.75, 3.05) is 0 Å². The molecule has 0 heterocycles. The van der Waals surface area contributed by atoms with Gasteiger partial charge in [-0.1, -0.05) is 31.2 Å². The molecule has 1 aliphatic carbocycles. The maximum atomic E-state index is 14.0. The zero-order chi connectivity index (χ0) is 13.6. The molecule has 0 amide bonds. The van der Waals surface area contributed by atoms with Gasteiger partial charge < -0.3 is 0 Å². The summed E-state index contributed by atoms with van der Waals surface area (Å²) in [6.07, 6.45) is 0.565. The molecule has 1 aliphatic rings. The van der Waals surface area contributed by atoms with E-state index in [0.717, 1.165) is 22.3 Å². The lowest BCUT2D eigenvalue weighted by atomic mass is 9.97. The molecule has 0 aliphatic heterocycles. The number of rotatable bonds is 1. The van der Waals surface area contributed by atoms with Gasteiger partial charge in [0.1, 0.15) is 5.82 Å². The highest BCUT2D eigenvalue weighted by atomic mass is 19.1. The highest BCUT2D eigenvalue weighted by Gasteiger charge is 2.26. The van der Waals surface area contributed by atoms with E-state index in [9.17, 15) is 9.18 Å². The summed E-state index contributed by atoms with van der Waals surface area (Å²) in [7, 11) is 0. The van der Waals surface area contributed by atoms with E-state index in [-0.39, 0.29) is 17.5 Å². The summed E-state index contributed by atoms with van der Waals surface area (Å²) in [5.41, 5.74) is 4.07. The van der Waals surface area contributed by atoms with Crippen molar-refractivity contribution in [3.05, 3.63) is 58.9 Å². The quantitative estimate of drug-likeness (QED) is 0.732. The average Bonchev–Trinajstić information content (AvgIpc) is 2.65. The molecule has 2 aromatic carbocycles. The molecule has 0 spiro atoms. The molecule has 0 saturated carbocycles. The van der Waals surface area contributed by atoms with E-state index in [2.05, 4.69) is 6.92 Å². The summed E-state index contributed by atoms with van der Waals surface area (Å²) in [5, 5.41) is 0. The summed E-state index contributed by atoms with van der Waals surface area (Å²) in [6.45, 7) is 3.91. The van der Waals surface area contributed by atoms with Gasteiger partial charge in [-0.15, -0.1) is 0 Å². The number of benzene rings is 2. The minimum absolute atomic E-state index is 0.164. The molecule has 3 rings (SSSR count). The van der Waals surface area contributed by atoms with Crippen LogP contribution in [-0.4, -0.2) is 5.78 Å². The van der Waals surface area contributed by atoms with Gasteiger partial charge in [-0.25, -0.2) is 4.39 Å². The molecular formula is C17H15FO. The Labute approximate surface area is 112 Å². The minimum Gasteiger partial charge on any atom is -0.294 e. The molecule has 1 nitrogen and oxygen atoms in total. The minimum atomic E-state index is -0.238. The molecule has 0 N–H and O–H groups in total. The predicted octanol–water partition coefficient (Wildman–Crippen LogP) is 4.49. The van der Waals surface area contributed by atoms with Gasteiger partial charge in [0, 0.05) is 17.5 Å². The van der Waals surface area contributed by atoms with E-state index in [4.69, 9.17) is 0 Å². The van der Waals surface area contributed by atoms with Crippen molar-refractivity contribution in [3.63, 3.8) is 0 Å². The fourth-order valence-electron chi connectivity index (χ4n) is 2.75. The van der Waals surface area contributed by atoms with Crippen LogP contribution in [0.2, 0.25) is 0 Å². The van der Waals surface area contributed by atoms with E-state index in [1.165, 1.54) is 6.07 Å². The second-order valence-corrected chi connectivity index (χ2v) is 5.31. The lowest BCUT2D eigenvalue weighted by Gasteiger charge is -2.08. The number of carbonyl (C=O) groups is 1. The Morgan fingerprint density at radius 3 is 2.63 bits per heavy atom. The molecule has 0 aromatic heterocycles. The van der Waals surface area contributed by atoms with Crippen LogP contribution >= 0.6 is 0 Å². The van der Waals surface area contributed by atoms with E-state index in [1.807, 2.05) is 31.2 Å². The van der Waals surface area contributed by atoms with Crippen molar-refractivity contribution in [3.8, 4) is 11.1 Å². The van der Waals surface area contributed by atoms with Crippen LogP contribution in [0.15, 0.2) is 36.4 Å². The third kappa shape index (κ3) is 1.97. The van der Waals surface area contributed by atoms with Gasteiger partial charge in [-0.05, 0) is 41.7 Å². The molecule has 1 unspecified atom stereocenters. The van der Waals surface area contributed by atoms with Crippen molar-refractivity contribution in [1.29, 1.82) is 0 Å². The number of carbonyl (C=O) groups excluding carboxylic acids is 1. The first kappa shape index (κ1) is 12.1. The lowest BCUT2D eigenvalue weighted by molar-refractivity contribution is 0.0990. The van der Waals surface area contributed by atoms with E-state index >= 15 is 0 Å². The molecule has 2 heteroatoms. The van der Waals surface area contributed by atoms with Crippen molar-refractivity contribution < 1.29 is 9.18 Å². The van der Waals surface area contributed by atoms with Crippen LogP contribution in [0.5, 0.6) is 0 Å². The first-order chi connectivity index (χ1) is 9.06. The van der Waals surface area contributed by atoms with Crippen molar-refractivity contribution >= 4 is 5.78 Å². The average molecular weight is 254 g/mol. The third-order valence-electron chi connectivity index (χ3n) is 3.81. The first-order valence-electron chi connectivity index (χ1n) is 6.50. The predicted molar refractivity (Wildman–Crippen MR) is 73.9 cm³/mol. The van der Waals surface area contributed by atoms with Gasteiger partial charge in [0.25, 0.3) is 0 Å². The fraction of sp³-hybridized carbons (Fsp3) is 0.235. The van der Waals surface area contributed by atoms with Gasteiger partial charge in [-0.2, -0.15) is 0 Å². The first-order valence-corrected chi connectivity index (χ1v) is 6.50. The van der Waals surface area contributed by atoms with Crippen molar-refractivity contribution in [2.24, 2.45) is 0 Å². The maximum absolute atomic E-state index is 14.0. The van der Waals surface area contributed by atoms with Gasteiger partial charge >= 0.3 is 0 Å². The number of fused-ring (bicyclic) bond motifs is 1. The number of Topliss-reactive ketones (excluding diaryl/α,β-unsaturated/α-hetero) is 1. The van der Waals surface area contributed by atoms with Crippen LogP contribution in [-0.2, 0) is 0 Å². The Balaban J connectivity index is 2.13. The van der Waals surface area contributed by atoms with Crippen molar-refractivity contribution in [2.45, 2.75) is 26.2 Å². The van der Waals surface area contributed by atoms with Crippen LogP contribution in [0, 0.1) is 12.7 Å². The van der Waals surface area contributed by atoms with Crippen LogP contribution in [0.1, 0.15) is 40.7 Å². The fourth-order valence-corrected chi connectivity index (χ4v) is 2.75. The second kappa shape index (κ2) is 4.30. The second-order valence-electron chi connectivity index (χ2n) is 5.31. The summed E-state index contributed by atoms with van der Waals surface area (Å²) in [4.78, 5) is 11.9. The van der Waals surface area contributed by atoms with E-state index < -0.39 is 0 Å². The van der Waals surface area contributed by atoms with Crippen LogP contribution < -0.4 is 0 Å². The summed E-state index contributed by atoms with van der Waals surface area (Å²) in [5.74, 6) is 0.203. The smallest absolute Gasteiger partial charge is 0.163 e. The number of hydrogen-bond acceptors (Lipinski definition) is 1. The molecular weight excluding hydrogens is 239 g/mol. The standard InChI is InChI=1S/C17H15FO/c1-10-3-5-14(16(18)7-10)12-4-6-13-11(2)8-17(19)15(13)9-12/h3-7,9,11H,8H2,1-2H3. The number of hydrogen-bond donors (Lipinski definition) is 0. The topological polar surface area (TPSA) is 17.1 Å². The molecule has 0 saturated heterocycles. The highest BCUT2D eigenvalue weighted by Crippen LogP contribution is 2.35. The third-order valence-corrected chi connectivity index (χ3v) is 3.81. The Kier molecular flexibility index (Phi) is 2.74.